The van der Waals surface area contributed by atoms with Gasteiger partial charge in [0, 0.05) is 41.5 Å². The van der Waals surface area contributed by atoms with Gasteiger partial charge in [-0.1, -0.05) is 0 Å². The molecule has 116 valence electrons. The van der Waals surface area contributed by atoms with Gasteiger partial charge in [0.1, 0.15) is 17.8 Å². The van der Waals surface area contributed by atoms with E-state index in [9.17, 15) is 8.78 Å². The summed E-state index contributed by atoms with van der Waals surface area (Å²) < 4.78 is 26.6. The number of rotatable bonds is 3. The van der Waals surface area contributed by atoms with E-state index in [-0.39, 0.29) is 5.69 Å². The molecule has 1 aliphatic rings. The number of benzene rings is 1. The zero-order chi connectivity index (χ0) is 15.5. The van der Waals surface area contributed by atoms with Crippen molar-refractivity contribution in [3.05, 3.63) is 45.9 Å². The van der Waals surface area contributed by atoms with Gasteiger partial charge in [0.15, 0.2) is 0 Å². The first kappa shape index (κ1) is 15.4. The van der Waals surface area contributed by atoms with Crippen LogP contribution in [-0.2, 0) is 0 Å². The van der Waals surface area contributed by atoms with Gasteiger partial charge in [-0.2, -0.15) is 0 Å². The molecule has 1 aliphatic heterocycles. The second-order valence-electron chi connectivity index (χ2n) is 5.05. The highest BCUT2D eigenvalue weighted by molar-refractivity contribution is 14.1. The predicted octanol–water partition coefficient (Wildman–Crippen LogP) is 3.35. The largest absolute Gasteiger partial charge is 0.368 e. The van der Waals surface area contributed by atoms with Crippen molar-refractivity contribution in [2.45, 2.75) is 6.43 Å². The molecule has 0 aliphatic carbocycles. The lowest BCUT2D eigenvalue weighted by molar-refractivity contribution is 0.146. The molecule has 7 heteroatoms. The Morgan fingerprint density at radius 2 is 1.59 bits per heavy atom. The van der Waals surface area contributed by atoms with Crippen LogP contribution in [0.5, 0.6) is 0 Å². The average molecular weight is 416 g/mol. The van der Waals surface area contributed by atoms with E-state index >= 15 is 0 Å². The highest BCUT2D eigenvalue weighted by Crippen LogP contribution is 2.23. The quantitative estimate of drug-likeness (QED) is 0.719. The zero-order valence-electron chi connectivity index (χ0n) is 11.8. The van der Waals surface area contributed by atoms with Crippen LogP contribution in [0.3, 0.4) is 0 Å². The monoisotopic (exact) mass is 416 g/mol. The summed E-state index contributed by atoms with van der Waals surface area (Å²) in [6, 6.07) is 9.77. The molecular formula is C15H15F2IN4. The summed E-state index contributed by atoms with van der Waals surface area (Å²) in [5.74, 6) is 0.576. The van der Waals surface area contributed by atoms with E-state index in [2.05, 4.69) is 61.7 Å². The van der Waals surface area contributed by atoms with Crippen molar-refractivity contribution in [3.63, 3.8) is 0 Å². The predicted molar refractivity (Wildman–Crippen MR) is 90.6 cm³/mol. The Bertz CT molecular complexity index is 628. The molecule has 4 nitrogen and oxygen atoms in total. The van der Waals surface area contributed by atoms with Gasteiger partial charge in [0.2, 0.25) is 0 Å². The summed E-state index contributed by atoms with van der Waals surface area (Å²) in [4.78, 5) is 12.0. The fourth-order valence-electron chi connectivity index (χ4n) is 2.50. The second kappa shape index (κ2) is 6.72. The lowest BCUT2D eigenvalue weighted by atomic mass is 10.2. The smallest absolute Gasteiger partial charge is 0.280 e. The van der Waals surface area contributed by atoms with E-state index in [0.29, 0.717) is 5.82 Å². The minimum Gasteiger partial charge on any atom is -0.368 e. The van der Waals surface area contributed by atoms with Crippen molar-refractivity contribution in [3.8, 4) is 0 Å². The number of hydrogen-bond donors (Lipinski definition) is 0. The number of nitrogens with zero attached hydrogens (tertiary/aromatic N) is 4. The third kappa shape index (κ3) is 3.45. The maximum atomic E-state index is 12.7. The van der Waals surface area contributed by atoms with Crippen LogP contribution >= 0.6 is 22.6 Å². The Labute approximate surface area is 141 Å². The Hall–Kier alpha value is -1.51. The van der Waals surface area contributed by atoms with E-state index < -0.39 is 6.43 Å². The summed E-state index contributed by atoms with van der Waals surface area (Å²) in [6.07, 6.45) is -1.35. The molecule has 2 heterocycles. The summed E-state index contributed by atoms with van der Waals surface area (Å²) in [5, 5.41) is 0. The van der Waals surface area contributed by atoms with E-state index in [4.69, 9.17) is 0 Å². The molecule has 0 bridgehead atoms. The SMILES string of the molecule is FC(F)c1cc(N2CCN(c3ccc(I)cc3)CC2)ncn1. The van der Waals surface area contributed by atoms with Crippen molar-refractivity contribution >= 4 is 34.1 Å². The van der Waals surface area contributed by atoms with E-state index in [0.717, 1.165) is 26.2 Å². The molecular weight excluding hydrogens is 401 g/mol. The van der Waals surface area contributed by atoms with Crippen molar-refractivity contribution in [1.29, 1.82) is 0 Å². The first-order chi connectivity index (χ1) is 10.6. The molecule has 1 aromatic heterocycles. The first-order valence-electron chi connectivity index (χ1n) is 6.99. The van der Waals surface area contributed by atoms with Crippen LogP contribution < -0.4 is 9.80 Å². The fraction of sp³-hybridized carbons (Fsp3) is 0.333. The van der Waals surface area contributed by atoms with Crippen LogP contribution in [0.2, 0.25) is 0 Å². The standard InChI is InChI=1S/C15H15F2IN4/c16-15(17)13-9-14(20-10-19-13)22-7-5-21(6-8-22)12-3-1-11(18)2-4-12/h1-4,9-10,15H,5-8H2. The molecule has 0 N–H and O–H groups in total. The van der Waals surface area contributed by atoms with Crippen LogP contribution in [0, 0.1) is 3.57 Å². The number of anilines is 2. The summed E-state index contributed by atoms with van der Waals surface area (Å²) in [6.45, 7) is 3.20. The zero-order valence-corrected chi connectivity index (χ0v) is 14.0. The lowest BCUT2D eigenvalue weighted by Gasteiger charge is -2.36. The van der Waals surface area contributed by atoms with E-state index in [1.165, 1.54) is 21.7 Å². The Morgan fingerprint density at radius 3 is 2.23 bits per heavy atom. The molecule has 22 heavy (non-hydrogen) atoms. The first-order valence-corrected chi connectivity index (χ1v) is 8.07. The van der Waals surface area contributed by atoms with Crippen LogP contribution in [0.15, 0.2) is 36.7 Å². The molecule has 1 fully saturated rings. The lowest BCUT2D eigenvalue weighted by Crippen LogP contribution is -2.46. The molecule has 3 rings (SSSR count). The van der Waals surface area contributed by atoms with Crippen molar-refractivity contribution < 1.29 is 8.78 Å². The van der Waals surface area contributed by atoms with Gasteiger partial charge in [-0.15, -0.1) is 0 Å². The Balaban J connectivity index is 1.66. The summed E-state index contributed by atoms with van der Waals surface area (Å²) in [5.41, 5.74) is 0.973. The molecule has 1 aromatic carbocycles. The molecule has 0 saturated carbocycles. The van der Waals surface area contributed by atoms with Gasteiger partial charge in [-0.05, 0) is 46.9 Å². The number of aromatic nitrogens is 2. The van der Waals surface area contributed by atoms with Crippen LogP contribution in [-0.4, -0.2) is 36.1 Å². The number of hydrogen-bond acceptors (Lipinski definition) is 4. The topological polar surface area (TPSA) is 32.3 Å². The Morgan fingerprint density at radius 1 is 0.955 bits per heavy atom. The molecule has 0 amide bonds. The van der Waals surface area contributed by atoms with Crippen LogP contribution in [0.4, 0.5) is 20.3 Å². The summed E-state index contributed by atoms with van der Waals surface area (Å²) in [7, 11) is 0. The van der Waals surface area contributed by atoms with E-state index in [1.807, 2.05) is 4.90 Å². The maximum absolute atomic E-state index is 12.7. The summed E-state index contributed by atoms with van der Waals surface area (Å²) >= 11 is 2.28. The third-order valence-electron chi connectivity index (χ3n) is 3.69. The third-order valence-corrected chi connectivity index (χ3v) is 4.41. The molecule has 0 unspecified atom stereocenters. The Kier molecular flexibility index (Phi) is 4.70. The second-order valence-corrected chi connectivity index (χ2v) is 6.30. The van der Waals surface area contributed by atoms with Crippen molar-refractivity contribution in [1.82, 2.24) is 9.97 Å². The number of alkyl halides is 2. The van der Waals surface area contributed by atoms with Gasteiger partial charge in [0.25, 0.3) is 6.43 Å². The van der Waals surface area contributed by atoms with Gasteiger partial charge >= 0.3 is 0 Å². The van der Waals surface area contributed by atoms with E-state index in [1.54, 1.807) is 0 Å². The van der Waals surface area contributed by atoms with Gasteiger partial charge < -0.3 is 9.80 Å². The molecule has 0 radical (unpaired) electrons. The molecule has 0 atom stereocenters. The average Bonchev–Trinajstić information content (AvgIpc) is 2.56. The fourth-order valence-corrected chi connectivity index (χ4v) is 2.86. The van der Waals surface area contributed by atoms with Crippen molar-refractivity contribution in [2.24, 2.45) is 0 Å². The number of halogens is 3. The molecule has 0 spiro atoms. The normalized spacial score (nSPS) is 15.5. The minimum absolute atomic E-state index is 0.218. The van der Waals surface area contributed by atoms with Gasteiger partial charge in [-0.25, -0.2) is 18.7 Å². The minimum atomic E-state index is -2.56. The van der Waals surface area contributed by atoms with Gasteiger partial charge in [-0.3, -0.25) is 0 Å². The van der Waals surface area contributed by atoms with Gasteiger partial charge in [0.05, 0.1) is 0 Å². The highest BCUT2D eigenvalue weighted by Gasteiger charge is 2.20. The molecule has 2 aromatic rings. The number of piperazine rings is 1. The highest BCUT2D eigenvalue weighted by atomic mass is 127. The van der Waals surface area contributed by atoms with Crippen LogP contribution in [0.25, 0.3) is 0 Å². The molecule has 1 saturated heterocycles. The maximum Gasteiger partial charge on any atom is 0.280 e. The van der Waals surface area contributed by atoms with Crippen molar-refractivity contribution in [2.75, 3.05) is 36.0 Å². The van der Waals surface area contributed by atoms with Crippen LogP contribution in [0.1, 0.15) is 12.1 Å².